The minimum Gasteiger partial charge on any atom is -0.454 e. The smallest absolute Gasteiger partial charge is 0.231 e. The van der Waals surface area contributed by atoms with Crippen LogP contribution in [0, 0.1) is 0 Å². The summed E-state index contributed by atoms with van der Waals surface area (Å²) >= 11 is 0. The van der Waals surface area contributed by atoms with Crippen molar-refractivity contribution in [2.75, 3.05) is 33.0 Å². The van der Waals surface area contributed by atoms with Crippen LogP contribution in [0.4, 0.5) is 0 Å². The van der Waals surface area contributed by atoms with Crippen molar-refractivity contribution in [2.45, 2.75) is 25.2 Å². The fourth-order valence-electron chi connectivity index (χ4n) is 3.86. The van der Waals surface area contributed by atoms with E-state index in [0.717, 1.165) is 42.3 Å². The van der Waals surface area contributed by atoms with Crippen molar-refractivity contribution in [3.05, 3.63) is 59.7 Å². The summed E-state index contributed by atoms with van der Waals surface area (Å²) in [5, 5.41) is 3.10. The molecule has 0 radical (unpaired) electrons. The van der Waals surface area contributed by atoms with Crippen LogP contribution >= 0.6 is 0 Å². The molecule has 1 N–H and O–H groups in total. The first-order valence-corrected chi connectivity index (χ1v) is 9.73. The fraction of sp³-hybridized carbons (Fsp3) is 0.409. The minimum atomic E-state index is -0.00696. The molecule has 5 heteroatoms. The van der Waals surface area contributed by atoms with Gasteiger partial charge in [0.2, 0.25) is 12.7 Å². The molecule has 1 atom stereocenters. The number of nitrogens with zero attached hydrogens (tertiary/aromatic N) is 1. The average Bonchev–Trinajstić information content (AvgIpc) is 3.38. The fourth-order valence-corrected chi connectivity index (χ4v) is 3.86. The molecule has 0 aliphatic carbocycles. The van der Waals surface area contributed by atoms with Gasteiger partial charge in [-0.25, -0.2) is 0 Å². The average molecular weight is 366 g/mol. The topological polar surface area (TPSA) is 50.8 Å². The van der Waals surface area contributed by atoms with Crippen molar-refractivity contribution < 1.29 is 14.3 Å². The number of benzene rings is 2. The van der Waals surface area contributed by atoms with Gasteiger partial charge in [-0.3, -0.25) is 4.79 Å². The second kappa shape index (κ2) is 8.44. The summed E-state index contributed by atoms with van der Waals surface area (Å²) in [4.78, 5) is 15.0. The summed E-state index contributed by atoms with van der Waals surface area (Å²) in [6.07, 6.45) is 2.96. The zero-order valence-electron chi connectivity index (χ0n) is 15.5. The number of ether oxygens (including phenoxy) is 2. The molecule has 0 saturated carbocycles. The molecule has 1 saturated heterocycles. The molecular formula is C22H26N2O3. The summed E-state index contributed by atoms with van der Waals surface area (Å²) in [7, 11) is 0. The molecule has 0 spiro atoms. The van der Waals surface area contributed by atoms with Crippen LogP contribution in [-0.4, -0.2) is 43.8 Å². The second-order valence-electron chi connectivity index (χ2n) is 7.18. The van der Waals surface area contributed by atoms with Gasteiger partial charge in [-0.1, -0.05) is 36.4 Å². The van der Waals surface area contributed by atoms with Crippen LogP contribution in [0.5, 0.6) is 11.5 Å². The van der Waals surface area contributed by atoms with Gasteiger partial charge in [0.05, 0.1) is 0 Å². The van der Waals surface area contributed by atoms with Crippen LogP contribution in [0.15, 0.2) is 48.5 Å². The Hall–Kier alpha value is -2.53. The third-order valence-electron chi connectivity index (χ3n) is 5.34. The van der Waals surface area contributed by atoms with Gasteiger partial charge in [0.25, 0.3) is 0 Å². The molecule has 27 heavy (non-hydrogen) atoms. The van der Waals surface area contributed by atoms with E-state index in [-0.39, 0.29) is 18.6 Å². The molecule has 2 heterocycles. The molecular weight excluding hydrogens is 340 g/mol. The third-order valence-corrected chi connectivity index (χ3v) is 5.34. The maximum atomic E-state index is 12.6. The molecule has 2 aliphatic heterocycles. The van der Waals surface area contributed by atoms with Crippen LogP contribution in [-0.2, 0) is 4.79 Å². The third kappa shape index (κ3) is 4.42. The Morgan fingerprint density at radius 3 is 2.59 bits per heavy atom. The summed E-state index contributed by atoms with van der Waals surface area (Å²) in [5.74, 6) is 1.59. The van der Waals surface area contributed by atoms with E-state index in [1.807, 2.05) is 36.4 Å². The van der Waals surface area contributed by atoms with E-state index in [2.05, 4.69) is 22.3 Å². The maximum absolute atomic E-state index is 12.6. The molecule has 0 unspecified atom stereocenters. The van der Waals surface area contributed by atoms with Gasteiger partial charge in [-0.2, -0.15) is 0 Å². The van der Waals surface area contributed by atoms with Crippen LogP contribution in [0.2, 0.25) is 0 Å². The predicted octanol–water partition coefficient (Wildman–Crippen LogP) is 3.15. The number of fused-ring (bicyclic) bond motifs is 1. The summed E-state index contributed by atoms with van der Waals surface area (Å²) < 4.78 is 10.9. The minimum absolute atomic E-state index is 0.00696. The van der Waals surface area contributed by atoms with Gasteiger partial charge in [-0.05, 0) is 49.2 Å². The van der Waals surface area contributed by atoms with E-state index in [4.69, 9.17) is 9.47 Å². The maximum Gasteiger partial charge on any atom is 0.231 e. The molecule has 4 rings (SSSR count). The highest BCUT2D eigenvalue weighted by Gasteiger charge is 2.22. The van der Waals surface area contributed by atoms with Crippen molar-refractivity contribution in [1.82, 2.24) is 10.2 Å². The molecule has 2 aliphatic rings. The predicted molar refractivity (Wildman–Crippen MR) is 104 cm³/mol. The van der Waals surface area contributed by atoms with E-state index in [0.29, 0.717) is 13.0 Å². The lowest BCUT2D eigenvalue weighted by Crippen LogP contribution is -2.34. The Morgan fingerprint density at radius 2 is 1.78 bits per heavy atom. The number of carbonyl (C=O) groups excluding carboxylic acids is 1. The van der Waals surface area contributed by atoms with Crippen molar-refractivity contribution in [3.63, 3.8) is 0 Å². The summed E-state index contributed by atoms with van der Waals surface area (Å²) in [6.45, 7) is 4.21. The van der Waals surface area contributed by atoms with Crippen LogP contribution in [0.1, 0.15) is 36.3 Å². The van der Waals surface area contributed by atoms with E-state index in [9.17, 15) is 4.79 Å². The molecule has 1 amide bonds. The SMILES string of the molecule is O=C(C[C@@H](c1ccccc1)c1ccc2c(c1)OCO2)NCCN1CCCC1. The first-order valence-electron chi connectivity index (χ1n) is 9.73. The Labute approximate surface area is 160 Å². The van der Waals surface area contributed by atoms with Crippen LogP contribution < -0.4 is 14.8 Å². The summed E-state index contributed by atoms with van der Waals surface area (Å²) in [6, 6.07) is 16.1. The number of amides is 1. The highest BCUT2D eigenvalue weighted by atomic mass is 16.7. The zero-order chi connectivity index (χ0) is 18.5. The normalized spacial score (nSPS) is 17.0. The molecule has 0 bridgehead atoms. The van der Waals surface area contributed by atoms with E-state index in [1.165, 1.54) is 12.8 Å². The molecule has 142 valence electrons. The molecule has 5 nitrogen and oxygen atoms in total. The lowest BCUT2D eigenvalue weighted by atomic mass is 9.88. The summed E-state index contributed by atoms with van der Waals surface area (Å²) in [5.41, 5.74) is 2.20. The van der Waals surface area contributed by atoms with Gasteiger partial charge in [0, 0.05) is 25.4 Å². The largest absolute Gasteiger partial charge is 0.454 e. The van der Waals surface area contributed by atoms with Crippen molar-refractivity contribution >= 4 is 5.91 Å². The molecule has 2 aromatic rings. The number of hydrogen-bond acceptors (Lipinski definition) is 4. The first-order chi connectivity index (χ1) is 13.3. The lowest BCUT2D eigenvalue weighted by molar-refractivity contribution is -0.121. The molecule has 0 aromatic heterocycles. The second-order valence-corrected chi connectivity index (χ2v) is 7.18. The first kappa shape index (κ1) is 17.9. The quantitative estimate of drug-likeness (QED) is 0.818. The lowest BCUT2D eigenvalue weighted by Gasteiger charge is -2.19. The standard InChI is InChI=1S/C22H26N2O3/c25-22(23-10-13-24-11-4-5-12-24)15-19(17-6-2-1-3-7-17)18-8-9-20-21(14-18)27-16-26-20/h1-3,6-9,14,19H,4-5,10-13,15-16H2,(H,23,25)/t19-/m0/s1. The van der Waals surface area contributed by atoms with Gasteiger partial charge in [0.15, 0.2) is 11.5 Å². The Morgan fingerprint density at radius 1 is 1.00 bits per heavy atom. The Balaban J connectivity index is 1.44. The number of nitrogens with one attached hydrogen (secondary N) is 1. The Bertz CT molecular complexity index is 772. The highest BCUT2D eigenvalue weighted by molar-refractivity contribution is 5.77. The van der Waals surface area contributed by atoms with Crippen LogP contribution in [0.3, 0.4) is 0 Å². The molecule has 1 fully saturated rings. The number of carbonyl (C=O) groups is 1. The number of rotatable bonds is 7. The van der Waals surface area contributed by atoms with E-state index in [1.54, 1.807) is 0 Å². The van der Waals surface area contributed by atoms with Gasteiger partial charge < -0.3 is 19.7 Å². The van der Waals surface area contributed by atoms with Crippen LogP contribution in [0.25, 0.3) is 0 Å². The van der Waals surface area contributed by atoms with E-state index < -0.39 is 0 Å². The van der Waals surface area contributed by atoms with Gasteiger partial charge in [-0.15, -0.1) is 0 Å². The van der Waals surface area contributed by atoms with E-state index >= 15 is 0 Å². The van der Waals surface area contributed by atoms with Gasteiger partial charge >= 0.3 is 0 Å². The zero-order valence-corrected chi connectivity index (χ0v) is 15.5. The number of likely N-dealkylation sites (tertiary alicyclic amines) is 1. The van der Waals surface area contributed by atoms with Crippen molar-refractivity contribution in [1.29, 1.82) is 0 Å². The van der Waals surface area contributed by atoms with Crippen molar-refractivity contribution in [3.8, 4) is 11.5 Å². The number of hydrogen-bond donors (Lipinski definition) is 1. The monoisotopic (exact) mass is 366 g/mol. The Kier molecular flexibility index (Phi) is 5.58. The van der Waals surface area contributed by atoms with Crippen molar-refractivity contribution in [2.24, 2.45) is 0 Å². The van der Waals surface area contributed by atoms with Gasteiger partial charge in [0.1, 0.15) is 0 Å². The highest BCUT2D eigenvalue weighted by Crippen LogP contribution is 2.37. The molecule has 2 aromatic carbocycles.